The van der Waals surface area contributed by atoms with Crippen LogP contribution in [0.3, 0.4) is 0 Å². The molecular formula is C30H38F3N5O3S. The summed E-state index contributed by atoms with van der Waals surface area (Å²) in [6.07, 6.45) is 5.21. The number of anilines is 2. The summed E-state index contributed by atoms with van der Waals surface area (Å²) in [5.41, 5.74) is 1.71. The minimum absolute atomic E-state index is 0.250. The minimum atomic E-state index is -4.41. The monoisotopic (exact) mass is 605 g/mol. The van der Waals surface area contributed by atoms with Crippen LogP contribution in [0.1, 0.15) is 49.4 Å². The third-order valence-corrected chi connectivity index (χ3v) is 8.08. The molecule has 8 nitrogen and oxygen atoms in total. The number of hydrogen-bond donors (Lipinski definition) is 0. The van der Waals surface area contributed by atoms with Crippen molar-refractivity contribution in [1.29, 1.82) is 0 Å². The Morgan fingerprint density at radius 2 is 1.69 bits per heavy atom. The number of ether oxygens (including phenoxy) is 2. The summed E-state index contributed by atoms with van der Waals surface area (Å²) >= 11 is 0. The number of hydrogen-bond acceptors (Lipinski definition) is 8. The van der Waals surface area contributed by atoms with Crippen molar-refractivity contribution in [3.8, 4) is 11.6 Å². The summed E-state index contributed by atoms with van der Waals surface area (Å²) in [5, 5.41) is 0. The van der Waals surface area contributed by atoms with Gasteiger partial charge in [-0.1, -0.05) is 25.0 Å². The van der Waals surface area contributed by atoms with Crippen LogP contribution in [0.2, 0.25) is 0 Å². The normalized spacial score (nSPS) is 14.5. The summed E-state index contributed by atoms with van der Waals surface area (Å²) in [6.45, 7) is 4.68. The largest absolute Gasteiger partial charge is 0.489 e. The van der Waals surface area contributed by atoms with E-state index < -0.39 is 22.5 Å². The first-order chi connectivity index (χ1) is 20.2. The number of methoxy groups -OCH3 is 1. The molecule has 1 atom stereocenters. The van der Waals surface area contributed by atoms with Crippen molar-refractivity contribution in [1.82, 2.24) is 15.0 Å². The summed E-state index contributed by atoms with van der Waals surface area (Å²) in [6, 6.07) is 8.97. The van der Waals surface area contributed by atoms with E-state index in [2.05, 4.69) is 21.8 Å². The molecule has 2 aromatic heterocycles. The third-order valence-electron chi connectivity index (χ3n) is 7.34. The fraction of sp³-hybridized carbons (Fsp3) is 0.500. The van der Waals surface area contributed by atoms with Crippen LogP contribution in [0, 0.1) is 5.92 Å². The van der Waals surface area contributed by atoms with Crippen molar-refractivity contribution < 1.29 is 26.9 Å². The van der Waals surface area contributed by atoms with E-state index in [1.165, 1.54) is 37.8 Å². The Balaban J connectivity index is 1.64. The van der Waals surface area contributed by atoms with Crippen molar-refractivity contribution >= 4 is 22.4 Å². The van der Waals surface area contributed by atoms with Crippen LogP contribution in [0.5, 0.6) is 11.6 Å². The average Bonchev–Trinajstić information content (AvgIpc) is 3.49. The summed E-state index contributed by atoms with van der Waals surface area (Å²) in [7, 11) is 0.586. The molecule has 1 aliphatic carbocycles. The van der Waals surface area contributed by atoms with Crippen LogP contribution in [0.4, 0.5) is 24.8 Å². The summed E-state index contributed by atoms with van der Waals surface area (Å²) in [4.78, 5) is 18.0. The van der Waals surface area contributed by atoms with E-state index in [1.54, 1.807) is 25.8 Å². The van der Waals surface area contributed by atoms with Crippen LogP contribution in [-0.2, 0) is 30.1 Å². The van der Waals surface area contributed by atoms with Gasteiger partial charge in [0.05, 0.1) is 55.4 Å². The van der Waals surface area contributed by atoms with E-state index in [0.29, 0.717) is 41.4 Å². The molecule has 42 heavy (non-hydrogen) atoms. The van der Waals surface area contributed by atoms with Crippen LogP contribution in [0.15, 0.2) is 48.8 Å². The highest BCUT2D eigenvalue weighted by atomic mass is 32.2. The Morgan fingerprint density at radius 1 is 1.00 bits per heavy atom. The molecule has 0 N–H and O–H groups in total. The van der Waals surface area contributed by atoms with Gasteiger partial charge in [-0.2, -0.15) is 13.2 Å². The van der Waals surface area contributed by atoms with Gasteiger partial charge in [-0.15, -0.1) is 0 Å². The summed E-state index contributed by atoms with van der Waals surface area (Å²) in [5.74, 6) is 2.30. The Bertz CT molecular complexity index is 1300. The molecule has 0 bridgehead atoms. The number of rotatable bonds is 14. The first-order valence-electron chi connectivity index (χ1n) is 14.1. The molecule has 0 radical (unpaired) electrons. The zero-order valence-corrected chi connectivity index (χ0v) is 25.1. The Kier molecular flexibility index (Phi) is 11.0. The molecule has 228 valence electrons. The number of aromatic nitrogens is 3. The number of alkyl halides is 3. The van der Waals surface area contributed by atoms with Gasteiger partial charge in [-0.3, -0.25) is 4.21 Å². The molecule has 0 saturated heterocycles. The molecule has 0 spiro atoms. The van der Waals surface area contributed by atoms with Crippen molar-refractivity contribution in [2.45, 2.75) is 51.9 Å². The standard InChI is InChI=1S/C30H38F3N5O3S/c1-4-37(19-22-7-5-6-8-22)27-13-14-28(40-2)36-26(27)21-38(20-23-9-11-24(12-10-23)30(31,32)33)29-34-17-25(18-35-29)41-15-16-42(3)39/h9-14,17-18,22H,4-8,15-16,19-21H2,1-3H3. The van der Waals surface area contributed by atoms with Crippen LogP contribution >= 0.6 is 0 Å². The molecule has 0 aliphatic heterocycles. The third kappa shape index (κ3) is 8.80. The molecule has 1 aromatic carbocycles. The van der Waals surface area contributed by atoms with Gasteiger partial charge in [0, 0.05) is 42.8 Å². The van der Waals surface area contributed by atoms with E-state index in [1.807, 2.05) is 17.0 Å². The molecule has 1 saturated carbocycles. The van der Waals surface area contributed by atoms with Gasteiger partial charge >= 0.3 is 6.18 Å². The van der Waals surface area contributed by atoms with Crippen molar-refractivity contribution in [2.75, 3.05) is 48.6 Å². The highest BCUT2D eigenvalue weighted by Gasteiger charge is 2.30. The van der Waals surface area contributed by atoms with E-state index in [4.69, 9.17) is 14.5 Å². The van der Waals surface area contributed by atoms with Gasteiger partial charge in [-0.05, 0) is 49.4 Å². The minimum Gasteiger partial charge on any atom is -0.489 e. The van der Waals surface area contributed by atoms with E-state index in [-0.39, 0.29) is 13.2 Å². The Hall–Kier alpha value is -3.41. The molecule has 4 rings (SSSR count). The highest BCUT2D eigenvalue weighted by Crippen LogP contribution is 2.32. The first-order valence-corrected chi connectivity index (χ1v) is 15.8. The number of nitrogens with zero attached hydrogens (tertiary/aromatic N) is 5. The van der Waals surface area contributed by atoms with E-state index >= 15 is 0 Å². The molecule has 1 aliphatic rings. The maximum atomic E-state index is 13.2. The summed E-state index contributed by atoms with van der Waals surface area (Å²) < 4.78 is 62.0. The molecular weight excluding hydrogens is 567 g/mol. The second-order valence-corrected chi connectivity index (χ2v) is 12.0. The van der Waals surface area contributed by atoms with Gasteiger partial charge in [-0.25, -0.2) is 15.0 Å². The molecule has 0 amide bonds. The average molecular weight is 606 g/mol. The van der Waals surface area contributed by atoms with Gasteiger partial charge < -0.3 is 19.3 Å². The van der Waals surface area contributed by atoms with E-state index in [0.717, 1.165) is 36.6 Å². The Labute approximate surface area is 247 Å². The smallest absolute Gasteiger partial charge is 0.416 e. The topological polar surface area (TPSA) is 80.7 Å². The maximum absolute atomic E-state index is 13.2. The highest BCUT2D eigenvalue weighted by molar-refractivity contribution is 7.84. The zero-order chi connectivity index (χ0) is 30.1. The van der Waals surface area contributed by atoms with Crippen LogP contribution in [-0.4, -0.2) is 58.0 Å². The SMILES string of the molecule is CCN(CC1CCCC1)c1ccc(OC)nc1CN(Cc1ccc(C(F)(F)F)cc1)c1ncc(OCCS(C)=O)cn1. The van der Waals surface area contributed by atoms with Gasteiger partial charge in [0.1, 0.15) is 0 Å². The molecule has 1 fully saturated rings. The van der Waals surface area contributed by atoms with Gasteiger partial charge in [0.25, 0.3) is 0 Å². The quantitative estimate of drug-likeness (QED) is 0.226. The fourth-order valence-corrected chi connectivity index (χ4v) is 5.43. The van der Waals surface area contributed by atoms with Gasteiger partial charge in [0.2, 0.25) is 11.8 Å². The van der Waals surface area contributed by atoms with Gasteiger partial charge in [0.15, 0.2) is 5.75 Å². The second-order valence-electron chi connectivity index (χ2n) is 10.4. The molecule has 3 aromatic rings. The lowest BCUT2D eigenvalue weighted by atomic mass is 10.1. The zero-order valence-electron chi connectivity index (χ0n) is 24.3. The maximum Gasteiger partial charge on any atom is 0.416 e. The number of pyridine rings is 1. The van der Waals surface area contributed by atoms with Crippen molar-refractivity contribution in [2.24, 2.45) is 5.92 Å². The predicted octanol–water partition coefficient (Wildman–Crippen LogP) is 5.88. The lowest BCUT2D eigenvalue weighted by Crippen LogP contribution is -2.31. The van der Waals surface area contributed by atoms with Crippen molar-refractivity contribution in [3.63, 3.8) is 0 Å². The van der Waals surface area contributed by atoms with Crippen molar-refractivity contribution in [3.05, 3.63) is 65.6 Å². The van der Waals surface area contributed by atoms with E-state index in [9.17, 15) is 17.4 Å². The fourth-order valence-electron chi connectivity index (χ4n) is 5.12. The molecule has 12 heteroatoms. The Morgan fingerprint density at radius 3 is 2.29 bits per heavy atom. The lowest BCUT2D eigenvalue weighted by Gasteiger charge is -2.30. The van der Waals surface area contributed by atoms with Crippen LogP contribution < -0.4 is 19.3 Å². The number of halogens is 3. The molecule has 1 unspecified atom stereocenters. The predicted molar refractivity (Wildman–Crippen MR) is 158 cm³/mol. The second kappa shape index (κ2) is 14.7. The molecule has 2 heterocycles. The lowest BCUT2D eigenvalue weighted by molar-refractivity contribution is -0.137. The first kappa shape index (κ1) is 31.5. The van der Waals surface area contributed by atoms with Crippen LogP contribution in [0.25, 0.3) is 0 Å². The number of benzene rings is 1.